The first-order chi connectivity index (χ1) is 15.2. The third kappa shape index (κ3) is 4.10. The van der Waals surface area contributed by atoms with Gasteiger partial charge in [0.25, 0.3) is 0 Å². The molecule has 1 fully saturated rings. The maximum atomic E-state index is 13.4. The van der Waals surface area contributed by atoms with Crippen molar-refractivity contribution in [2.45, 2.75) is 57.8 Å². The minimum absolute atomic E-state index is 0.0362. The zero-order valence-corrected chi connectivity index (χ0v) is 18.6. The largest absolute Gasteiger partial charge is 0.464 e. The summed E-state index contributed by atoms with van der Waals surface area (Å²) in [5.41, 5.74) is 5.15. The number of carbonyl (C=O) groups is 1. The van der Waals surface area contributed by atoms with E-state index in [4.69, 9.17) is 4.74 Å². The average molecular weight is 415 g/mol. The summed E-state index contributed by atoms with van der Waals surface area (Å²) < 4.78 is 6.10. The lowest BCUT2D eigenvalue weighted by molar-refractivity contribution is -0.151. The molecule has 0 saturated heterocycles. The van der Waals surface area contributed by atoms with E-state index in [2.05, 4.69) is 67.6 Å². The highest BCUT2D eigenvalue weighted by Gasteiger charge is 2.35. The van der Waals surface area contributed by atoms with Crippen LogP contribution in [0.25, 0.3) is 11.1 Å². The van der Waals surface area contributed by atoms with Crippen LogP contribution in [-0.2, 0) is 9.53 Å². The molecule has 0 amide bonds. The lowest BCUT2D eigenvalue weighted by Gasteiger charge is -2.35. The standard InChI is InChI=1S/C29H34O2/c1-20-10-2-3-12-22-18-21(20)11-4-5-13-23(22)29(30)31-19-28-26-16-8-6-14-24(26)25-15-7-9-17-27(25)28/h2-3,6-9,14-17,20-23,28H,4-5,10-13,18-19H2,1H3/b3-2-. The summed E-state index contributed by atoms with van der Waals surface area (Å²) in [6.45, 7) is 2.84. The van der Waals surface area contributed by atoms with Crippen LogP contribution < -0.4 is 0 Å². The van der Waals surface area contributed by atoms with Gasteiger partial charge in [-0.25, -0.2) is 0 Å². The molecule has 1 saturated carbocycles. The molecule has 0 radical (unpaired) electrons. The van der Waals surface area contributed by atoms with Gasteiger partial charge in [0.1, 0.15) is 6.61 Å². The second-order valence-electron chi connectivity index (χ2n) is 9.92. The van der Waals surface area contributed by atoms with Gasteiger partial charge in [-0.3, -0.25) is 4.79 Å². The molecule has 5 rings (SSSR count). The Kier molecular flexibility index (Phi) is 5.98. The van der Waals surface area contributed by atoms with Gasteiger partial charge in [0.05, 0.1) is 5.92 Å². The maximum absolute atomic E-state index is 13.4. The fourth-order valence-electron chi connectivity index (χ4n) is 6.25. The SMILES string of the molecule is CC1C/C=C\CC2CC1CCCCC2C(=O)OCC1c2ccccc2-c2ccccc21. The van der Waals surface area contributed by atoms with E-state index in [1.54, 1.807) is 0 Å². The summed E-state index contributed by atoms with van der Waals surface area (Å²) in [6.07, 6.45) is 12.8. The average Bonchev–Trinajstić information content (AvgIpc) is 3.08. The highest BCUT2D eigenvalue weighted by molar-refractivity contribution is 5.79. The van der Waals surface area contributed by atoms with Crippen LogP contribution in [0.4, 0.5) is 0 Å². The van der Waals surface area contributed by atoms with Crippen molar-refractivity contribution in [2.75, 3.05) is 6.61 Å². The number of allylic oxidation sites excluding steroid dienone is 2. The number of hydrogen-bond acceptors (Lipinski definition) is 2. The molecule has 0 N–H and O–H groups in total. The van der Waals surface area contributed by atoms with Gasteiger partial charge in [0.2, 0.25) is 0 Å². The van der Waals surface area contributed by atoms with E-state index in [1.165, 1.54) is 47.9 Å². The Bertz CT molecular complexity index is 913. The summed E-state index contributed by atoms with van der Waals surface area (Å²) >= 11 is 0. The van der Waals surface area contributed by atoms with Crippen LogP contribution >= 0.6 is 0 Å². The third-order valence-electron chi connectivity index (χ3n) is 8.09. The minimum atomic E-state index is 0.0362. The highest BCUT2D eigenvalue weighted by Crippen LogP contribution is 2.45. The number of fused-ring (bicyclic) bond motifs is 5. The number of esters is 1. The predicted molar refractivity (Wildman–Crippen MR) is 126 cm³/mol. The topological polar surface area (TPSA) is 26.3 Å². The number of ether oxygens (including phenoxy) is 1. The van der Waals surface area contributed by atoms with Gasteiger partial charge in [-0.2, -0.15) is 0 Å². The van der Waals surface area contributed by atoms with E-state index >= 15 is 0 Å². The second kappa shape index (κ2) is 9.02. The minimum Gasteiger partial charge on any atom is -0.464 e. The van der Waals surface area contributed by atoms with Crippen LogP contribution in [0.5, 0.6) is 0 Å². The number of hydrogen-bond donors (Lipinski definition) is 0. The van der Waals surface area contributed by atoms with Crippen LogP contribution in [0.3, 0.4) is 0 Å². The fraction of sp³-hybridized carbons (Fsp3) is 0.483. The van der Waals surface area contributed by atoms with E-state index in [0.29, 0.717) is 12.5 Å². The van der Waals surface area contributed by atoms with Gasteiger partial charge in [0, 0.05) is 5.92 Å². The van der Waals surface area contributed by atoms with E-state index in [-0.39, 0.29) is 17.8 Å². The quantitative estimate of drug-likeness (QED) is 0.394. The van der Waals surface area contributed by atoms with Crippen molar-refractivity contribution in [1.82, 2.24) is 0 Å². The zero-order chi connectivity index (χ0) is 21.2. The Labute approximate surface area is 186 Å². The monoisotopic (exact) mass is 414 g/mol. The highest BCUT2D eigenvalue weighted by atomic mass is 16.5. The maximum Gasteiger partial charge on any atom is 0.309 e. The Morgan fingerprint density at radius 1 is 0.871 bits per heavy atom. The normalized spacial score (nSPS) is 28.9. The lowest BCUT2D eigenvalue weighted by atomic mass is 9.71. The first kappa shape index (κ1) is 20.5. The third-order valence-corrected chi connectivity index (χ3v) is 8.09. The summed E-state index contributed by atoms with van der Waals surface area (Å²) in [5, 5.41) is 0. The Balaban J connectivity index is 1.33. The van der Waals surface area contributed by atoms with Crippen molar-refractivity contribution in [1.29, 1.82) is 0 Å². The van der Waals surface area contributed by atoms with Crippen molar-refractivity contribution in [3.05, 3.63) is 71.8 Å². The molecule has 31 heavy (non-hydrogen) atoms. The summed E-state index contributed by atoms with van der Waals surface area (Å²) in [5.74, 6) is 2.13. The molecule has 4 atom stereocenters. The molecule has 2 heteroatoms. The summed E-state index contributed by atoms with van der Waals surface area (Å²) in [7, 11) is 0. The fourth-order valence-corrected chi connectivity index (χ4v) is 6.25. The number of rotatable bonds is 3. The van der Waals surface area contributed by atoms with Crippen LogP contribution in [0, 0.1) is 23.7 Å². The number of benzene rings is 2. The molecule has 0 heterocycles. The lowest BCUT2D eigenvalue weighted by Crippen LogP contribution is -2.31. The molecule has 3 aliphatic carbocycles. The molecule has 2 nitrogen and oxygen atoms in total. The molecule has 0 aromatic heterocycles. The molecule has 4 unspecified atom stereocenters. The van der Waals surface area contributed by atoms with E-state index in [0.717, 1.165) is 31.1 Å². The first-order valence-electron chi connectivity index (χ1n) is 12.2. The second-order valence-corrected chi connectivity index (χ2v) is 9.92. The molecule has 2 bridgehead atoms. The molecular weight excluding hydrogens is 380 g/mol. The van der Waals surface area contributed by atoms with Crippen molar-refractivity contribution < 1.29 is 9.53 Å². The Morgan fingerprint density at radius 2 is 1.52 bits per heavy atom. The van der Waals surface area contributed by atoms with Crippen molar-refractivity contribution in [3.63, 3.8) is 0 Å². The van der Waals surface area contributed by atoms with E-state index in [9.17, 15) is 4.79 Å². The van der Waals surface area contributed by atoms with Gasteiger partial charge in [-0.05, 0) is 65.7 Å². The molecular formula is C29H34O2. The summed E-state index contributed by atoms with van der Waals surface area (Å²) in [6, 6.07) is 17.1. The first-order valence-corrected chi connectivity index (χ1v) is 12.2. The molecule has 3 aliphatic rings. The van der Waals surface area contributed by atoms with Crippen LogP contribution in [0.2, 0.25) is 0 Å². The predicted octanol–water partition coefficient (Wildman–Crippen LogP) is 7.14. The van der Waals surface area contributed by atoms with Crippen LogP contribution in [0.15, 0.2) is 60.7 Å². The van der Waals surface area contributed by atoms with Crippen molar-refractivity contribution in [3.8, 4) is 11.1 Å². The smallest absolute Gasteiger partial charge is 0.309 e. The van der Waals surface area contributed by atoms with E-state index < -0.39 is 0 Å². The van der Waals surface area contributed by atoms with E-state index in [1.807, 2.05) is 0 Å². The molecule has 2 aromatic carbocycles. The Morgan fingerprint density at radius 3 is 2.26 bits per heavy atom. The molecule has 2 aromatic rings. The van der Waals surface area contributed by atoms with Gasteiger partial charge in [-0.15, -0.1) is 0 Å². The van der Waals surface area contributed by atoms with Crippen LogP contribution in [-0.4, -0.2) is 12.6 Å². The van der Waals surface area contributed by atoms with Crippen molar-refractivity contribution >= 4 is 5.97 Å². The van der Waals surface area contributed by atoms with Gasteiger partial charge in [-0.1, -0.05) is 86.9 Å². The van der Waals surface area contributed by atoms with Gasteiger partial charge in [0.15, 0.2) is 0 Å². The van der Waals surface area contributed by atoms with Crippen molar-refractivity contribution in [2.24, 2.45) is 23.7 Å². The molecule has 162 valence electrons. The number of carbonyl (C=O) groups excluding carboxylic acids is 1. The van der Waals surface area contributed by atoms with Gasteiger partial charge < -0.3 is 4.74 Å². The molecule has 0 aliphatic heterocycles. The Hall–Kier alpha value is -2.35. The molecule has 0 spiro atoms. The zero-order valence-electron chi connectivity index (χ0n) is 18.6. The summed E-state index contributed by atoms with van der Waals surface area (Å²) in [4.78, 5) is 13.4. The van der Waals surface area contributed by atoms with Gasteiger partial charge >= 0.3 is 5.97 Å². The van der Waals surface area contributed by atoms with Crippen LogP contribution in [0.1, 0.15) is 68.9 Å².